The standard InChI is InChI=1S/C11H18N2O4S/c1-17-8-6-9(10(14)15)13(7-8)11(16)12-2-4-18-5-3-12/h8-9H,2-7H2,1H3,(H,14,15). The Hall–Kier alpha value is -0.950. The number of carbonyl (C=O) groups is 2. The van der Waals surface area contributed by atoms with Crippen LogP contribution in [-0.4, -0.2) is 77.3 Å². The molecule has 2 aliphatic heterocycles. The Morgan fingerprint density at radius 3 is 2.56 bits per heavy atom. The van der Waals surface area contributed by atoms with Crippen molar-refractivity contribution in [2.75, 3.05) is 38.2 Å². The summed E-state index contributed by atoms with van der Waals surface area (Å²) < 4.78 is 5.18. The molecule has 0 aromatic rings. The third kappa shape index (κ3) is 2.72. The lowest BCUT2D eigenvalue weighted by atomic mass is 10.2. The molecule has 2 unspecified atom stereocenters. The second-order valence-corrected chi connectivity index (χ2v) is 5.71. The first-order valence-electron chi connectivity index (χ1n) is 6.02. The summed E-state index contributed by atoms with van der Waals surface area (Å²) in [5, 5.41) is 9.17. The number of carboxylic acids is 1. The van der Waals surface area contributed by atoms with Crippen molar-refractivity contribution in [3.63, 3.8) is 0 Å². The van der Waals surface area contributed by atoms with Crippen molar-refractivity contribution in [1.29, 1.82) is 0 Å². The van der Waals surface area contributed by atoms with Gasteiger partial charge in [0.05, 0.1) is 6.10 Å². The number of methoxy groups -OCH3 is 1. The molecule has 0 aliphatic carbocycles. The summed E-state index contributed by atoms with van der Waals surface area (Å²) in [7, 11) is 1.55. The van der Waals surface area contributed by atoms with Gasteiger partial charge in [0.25, 0.3) is 0 Å². The number of hydrogen-bond acceptors (Lipinski definition) is 4. The molecule has 0 aromatic heterocycles. The molecular formula is C11H18N2O4S. The number of urea groups is 1. The highest BCUT2D eigenvalue weighted by atomic mass is 32.2. The first-order valence-corrected chi connectivity index (χ1v) is 7.18. The van der Waals surface area contributed by atoms with Gasteiger partial charge in [-0.15, -0.1) is 0 Å². The zero-order valence-electron chi connectivity index (χ0n) is 10.4. The van der Waals surface area contributed by atoms with Crippen molar-refractivity contribution < 1.29 is 19.4 Å². The Bertz CT molecular complexity index is 333. The van der Waals surface area contributed by atoms with E-state index in [-0.39, 0.29) is 12.1 Å². The lowest BCUT2D eigenvalue weighted by molar-refractivity contribution is -0.141. The molecule has 2 rings (SSSR count). The lowest BCUT2D eigenvalue weighted by Gasteiger charge is -2.32. The smallest absolute Gasteiger partial charge is 0.326 e. The molecule has 2 amide bonds. The Morgan fingerprint density at radius 1 is 1.33 bits per heavy atom. The summed E-state index contributed by atoms with van der Waals surface area (Å²) in [6.07, 6.45) is 0.203. The fourth-order valence-electron chi connectivity index (χ4n) is 2.35. The molecule has 2 heterocycles. The Balaban J connectivity index is 2.04. The van der Waals surface area contributed by atoms with E-state index in [9.17, 15) is 14.7 Å². The fourth-order valence-corrected chi connectivity index (χ4v) is 3.25. The van der Waals surface area contributed by atoms with Gasteiger partial charge < -0.3 is 19.6 Å². The van der Waals surface area contributed by atoms with E-state index in [1.165, 1.54) is 4.90 Å². The van der Waals surface area contributed by atoms with Gasteiger partial charge in [-0.05, 0) is 0 Å². The van der Waals surface area contributed by atoms with Gasteiger partial charge in [-0.25, -0.2) is 9.59 Å². The molecule has 0 bridgehead atoms. The van der Waals surface area contributed by atoms with E-state index in [1.54, 1.807) is 12.0 Å². The zero-order chi connectivity index (χ0) is 13.1. The third-order valence-corrected chi connectivity index (χ3v) is 4.35. The number of carbonyl (C=O) groups excluding carboxylic acids is 1. The average molecular weight is 274 g/mol. The van der Waals surface area contributed by atoms with E-state index in [0.29, 0.717) is 26.1 Å². The molecule has 2 atom stereocenters. The number of rotatable bonds is 2. The molecule has 7 heteroatoms. The van der Waals surface area contributed by atoms with Gasteiger partial charge in [-0.3, -0.25) is 0 Å². The molecule has 0 radical (unpaired) electrons. The number of hydrogen-bond donors (Lipinski definition) is 1. The number of ether oxygens (including phenoxy) is 1. The van der Waals surface area contributed by atoms with Crippen LogP contribution in [0.25, 0.3) is 0 Å². The van der Waals surface area contributed by atoms with Crippen molar-refractivity contribution in [1.82, 2.24) is 9.80 Å². The molecule has 0 spiro atoms. The number of nitrogens with zero attached hydrogens (tertiary/aromatic N) is 2. The van der Waals surface area contributed by atoms with Gasteiger partial charge in [0, 0.05) is 44.7 Å². The van der Waals surface area contributed by atoms with Crippen molar-refractivity contribution in [2.24, 2.45) is 0 Å². The van der Waals surface area contributed by atoms with E-state index in [4.69, 9.17) is 4.74 Å². The summed E-state index contributed by atoms with van der Waals surface area (Å²) >= 11 is 1.82. The number of aliphatic carboxylic acids is 1. The van der Waals surface area contributed by atoms with Crippen LogP contribution in [0.5, 0.6) is 0 Å². The molecule has 1 N–H and O–H groups in total. The third-order valence-electron chi connectivity index (χ3n) is 3.41. The van der Waals surface area contributed by atoms with Crippen LogP contribution in [0.1, 0.15) is 6.42 Å². The van der Waals surface area contributed by atoms with Crippen molar-refractivity contribution in [3.8, 4) is 0 Å². The highest BCUT2D eigenvalue weighted by Crippen LogP contribution is 2.23. The Morgan fingerprint density at radius 2 is 2.00 bits per heavy atom. The molecule has 102 valence electrons. The average Bonchev–Trinajstić information content (AvgIpc) is 2.83. The maximum Gasteiger partial charge on any atom is 0.326 e. The maximum absolute atomic E-state index is 12.3. The van der Waals surface area contributed by atoms with Gasteiger partial charge in [-0.1, -0.05) is 0 Å². The van der Waals surface area contributed by atoms with Crippen LogP contribution in [0, 0.1) is 0 Å². The van der Waals surface area contributed by atoms with Gasteiger partial charge in [-0.2, -0.15) is 11.8 Å². The van der Waals surface area contributed by atoms with Crippen LogP contribution in [0.4, 0.5) is 4.79 Å². The minimum Gasteiger partial charge on any atom is -0.480 e. The molecule has 18 heavy (non-hydrogen) atoms. The molecular weight excluding hydrogens is 256 g/mol. The highest BCUT2D eigenvalue weighted by Gasteiger charge is 2.41. The Labute approximate surface area is 110 Å². The first-order chi connectivity index (χ1) is 8.63. The van der Waals surface area contributed by atoms with E-state index in [2.05, 4.69) is 0 Å². The van der Waals surface area contributed by atoms with Crippen LogP contribution < -0.4 is 0 Å². The van der Waals surface area contributed by atoms with Crippen LogP contribution >= 0.6 is 11.8 Å². The van der Waals surface area contributed by atoms with Crippen LogP contribution in [0.3, 0.4) is 0 Å². The summed E-state index contributed by atoms with van der Waals surface area (Å²) in [5.74, 6) is 0.894. The zero-order valence-corrected chi connectivity index (χ0v) is 11.2. The predicted molar refractivity (Wildman–Crippen MR) is 67.8 cm³/mol. The minimum absolute atomic E-state index is 0.165. The number of thioether (sulfide) groups is 1. The molecule has 2 aliphatic rings. The lowest BCUT2D eigenvalue weighted by Crippen LogP contribution is -2.50. The number of carboxylic acid groups (broad SMARTS) is 1. The van der Waals surface area contributed by atoms with E-state index < -0.39 is 12.0 Å². The highest BCUT2D eigenvalue weighted by molar-refractivity contribution is 7.99. The van der Waals surface area contributed by atoms with E-state index in [0.717, 1.165) is 11.5 Å². The molecule has 0 aromatic carbocycles. The molecule has 2 saturated heterocycles. The predicted octanol–water partition coefficient (Wildman–Crippen LogP) is 0.329. The van der Waals surface area contributed by atoms with Crippen LogP contribution in [0.15, 0.2) is 0 Å². The number of amides is 2. The minimum atomic E-state index is -0.950. The first kappa shape index (κ1) is 13.5. The van der Waals surface area contributed by atoms with Gasteiger partial charge >= 0.3 is 12.0 Å². The molecule has 0 saturated carbocycles. The second kappa shape index (κ2) is 5.79. The topological polar surface area (TPSA) is 70.1 Å². The maximum atomic E-state index is 12.3. The van der Waals surface area contributed by atoms with E-state index in [1.807, 2.05) is 11.8 Å². The van der Waals surface area contributed by atoms with Gasteiger partial charge in [0.1, 0.15) is 6.04 Å². The SMILES string of the molecule is COC1CC(C(=O)O)N(C(=O)N2CCSCC2)C1. The largest absolute Gasteiger partial charge is 0.480 e. The Kier molecular flexibility index (Phi) is 4.34. The quantitative estimate of drug-likeness (QED) is 0.786. The molecule has 2 fully saturated rings. The summed E-state index contributed by atoms with van der Waals surface area (Å²) in [6, 6.07) is -0.917. The monoisotopic (exact) mass is 274 g/mol. The second-order valence-electron chi connectivity index (χ2n) is 4.48. The van der Waals surface area contributed by atoms with Crippen molar-refractivity contribution in [3.05, 3.63) is 0 Å². The van der Waals surface area contributed by atoms with Crippen molar-refractivity contribution in [2.45, 2.75) is 18.6 Å². The van der Waals surface area contributed by atoms with Gasteiger partial charge in [0.2, 0.25) is 0 Å². The van der Waals surface area contributed by atoms with Gasteiger partial charge in [0.15, 0.2) is 0 Å². The summed E-state index contributed by atoms with van der Waals surface area (Å²) in [5.41, 5.74) is 0. The van der Waals surface area contributed by atoms with Crippen LogP contribution in [0.2, 0.25) is 0 Å². The normalized spacial score (nSPS) is 28.5. The molecule has 6 nitrogen and oxygen atoms in total. The summed E-state index contributed by atoms with van der Waals surface area (Å²) in [4.78, 5) is 26.7. The summed E-state index contributed by atoms with van der Waals surface area (Å²) in [6.45, 7) is 1.77. The number of likely N-dealkylation sites (tertiary alicyclic amines) is 1. The van der Waals surface area contributed by atoms with Crippen molar-refractivity contribution >= 4 is 23.8 Å². The fraction of sp³-hybridized carbons (Fsp3) is 0.818. The van der Waals surface area contributed by atoms with Crippen LogP contribution in [-0.2, 0) is 9.53 Å². The van der Waals surface area contributed by atoms with E-state index >= 15 is 0 Å².